The molecule has 0 aliphatic rings. The van der Waals surface area contributed by atoms with Crippen molar-refractivity contribution in [3.63, 3.8) is 0 Å². The van der Waals surface area contributed by atoms with E-state index in [0.717, 1.165) is 4.57 Å². The molecule has 1 heterocycles. The van der Waals surface area contributed by atoms with Gasteiger partial charge in [-0.1, -0.05) is 43.5 Å². The number of carbonyl (C=O) groups excluding carboxylic acids is 1. The molecule has 0 spiro atoms. The predicted molar refractivity (Wildman–Crippen MR) is 72.6 cm³/mol. The maximum Gasteiger partial charge on any atom is 0.426 e. The number of aromatic nitrogens is 1. The first-order valence-corrected chi connectivity index (χ1v) is 7.01. The molecule has 0 amide bonds. The van der Waals surface area contributed by atoms with Crippen LogP contribution >= 0.6 is 43.5 Å². The van der Waals surface area contributed by atoms with Gasteiger partial charge in [0.05, 0.1) is 5.52 Å². The minimum absolute atomic E-state index is 0.296. The van der Waals surface area contributed by atoms with Crippen LogP contribution in [-0.2, 0) is 0 Å². The molecule has 2 rings (SSSR count). The van der Waals surface area contributed by atoms with Crippen LogP contribution in [0.5, 0.6) is 0 Å². The lowest BCUT2D eigenvalue weighted by molar-refractivity contribution is 0.0915. The van der Waals surface area contributed by atoms with Crippen LogP contribution in [0.25, 0.3) is 11.1 Å². The topological polar surface area (TPSA) is 52.2 Å². The Morgan fingerprint density at radius 2 is 2.24 bits per heavy atom. The number of fused-ring (bicyclic) bond motifs is 1. The van der Waals surface area contributed by atoms with Crippen LogP contribution in [-0.4, -0.2) is 20.6 Å². The maximum absolute atomic E-state index is 11.9. The van der Waals surface area contributed by atoms with E-state index < -0.39 is 10.6 Å². The Bertz CT molecular complexity index is 634. The number of carbonyl (C=O) groups is 1. The number of alkyl halides is 2. The van der Waals surface area contributed by atoms with Crippen LogP contribution in [0.4, 0.5) is 0 Å². The summed E-state index contributed by atoms with van der Waals surface area (Å²) in [5.74, 6) is -1.09. The molecule has 2 aromatic rings. The molecule has 0 bridgehead atoms. The Labute approximate surface area is 118 Å². The summed E-state index contributed by atoms with van der Waals surface area (Å²) < 4.78 is 5.95. The van der Waals surface area contributed by atoms with Crippen molar-refractivity contribution in [2.24, 2.45) is 0 Å². The lowest BCUT2D eigenvalue weighted by Crippen LogP contribution is -2.30. The van der Waals surface area contributed by atoms with Crippen molar-refractivity contribution in [3.8, 4) is 0 Å². The molecule has 1 aromatic carbocycles. The number of oxazole rings is 1. The highest BCUT2D eigenvalue weighted by Crippen LogP contribution is 2.19. The molecule has 17 heavy (non-hydrogen) atoms. The van der Waals surface area contributed by atoms with Crippen LogP contribution in [0.15, 0.2) is 27.4 Å². The zero-order valence-electron chi connectivity index (χ0n) is 8.32. The van der Waals surface area contributed by atoms with Gasteiger partial charge in [-0.15, -0.1) is 0 Å². The maximum atomic E-state index is 11.9. The summed E-state index contributed by atoms with van der Waals surface area (Å²) >= 11 is 12.1. The Morgan fingerprint density at radius 3 is 2.88 bits per heavy atom. The van der Waals surface area contributed by atoms with Crippen molar-refractivity contribution in [1.82, 2.24) is 4.57 Å². The van der Waals surface area contributed by atoms with Crippen molar-refractivity contribution in [2.45, 2.75) is 4.83 Å². The molecule has 0 saturated carbocycles. The van der Waals surface area contributed by atoms with Crippen LogP contribution in [0.1, 0.15) is 4.79 Å². The fraction of sp³-hybridized carbons (Fsp3) is 0.200. The summed E-state index contributed by atoms with van der Waals surface area (Å²) in [4.78, 5) is 23.1. The second-order valence-corrected chi connectivity index (χ2v) is 5.46. The number of hydrogen-bond donors (Lipinski definition) is 0. The van der Waals surface area contributed by atoms with Crippen LogP contribution in [0.3, 0.4) is 0 Å². The summed E-state index contributed by atoms with van der Waals surface area (Å²) in [6, 6.07) is 4.67. The largest absolute Gasteiger partial charge is 0.426 e. The van der Waals surface area contributed by atoms with Gasteiger partial charge in [0.1, 0.15) is 4.83 Å². The van der Waals surface area contributed by atoms with Crippen molar-refractivity contribution in [1.29, 1.82) is 0 Å². The number of rotatable bonds is 2. The van der Waals surface area contributed by atoms with Crippen molar-refractivity contribution in [2.75, 3.05) is 5.33 Å². The highest BCUT2D eigenvalue weighted by Gasteiger charge is 2.21. The third kappa shape index (κ3) is 2.34. The van der Waals surface area contributed by atoms with Gasteiger partial charge >= 0.3 is 5.76 Å². The molecule has 0 fully saturated rings. The molecule has 0 aliphatic carbocycles. The summed E-state index contributed by atoms with van der Waals surface area (Å²) in [6.45, 7) is 0. The zero-order valence-corrected chi connectivity index (χ0v) is 12.3. The quantitative estimate of drug-likeness (QED) is 0.749. The average molecular weight is 383 g/mol. The Morgan fingerprint density at radius 1 is 1.53 bits per heavy atom. The minimum atomic E-state index is -0.710. The predicted octanol–water partition coefficient (Wildman–Crippen LogP) is 3.05. The van der Waals surface area contributed by atoms with Gasteiger partial charge < -0.3 is 4.42 Å². The first kappa shape index (κ1) is 12.9. The molecular weight excluding hydrogens is 377 g/mol. The molecule has 1 atom stereocenters. The molecule has 90 valence electrons. The fourth-order valence-electron chi connectivity index (χ4n) is 1.41. The first-order valence-electron chi connectivity index (χ1n) is 4.60. The first-order chi connectivity index (χ1) is 8.04. The Balaban J connectivity index is 2.65. The van der Waals surface area contributed by atoms with Gasteiger partial charge in [-0.3, -0.25) is 4.79 Å². The second-order valence-electron chi connectivity index (χ2n) is 3.28. The van der Waals surface area contributed by atoms with Gasteiger partial charge in [-0.05, 0) is 12.1 Å². The van der Waals surface area contributed by atoms with E-state index in [1.807, 2.05) is 0 Å². The lowest BCUT2D eigenvalue weighted by Gasteiger charge is -2.04. The molecule has 4 nitrogen and oxygen atoms in total. The second kappa shape index (κ2) is 4.96. The van der Waals surface area contributed by atoms with Crippen molar-refractivity contribution < 1.29 is 9.21 Å². The van der Waals surface area contributed by atoms with Gasteiger partial charge in [-0.25, -0.2) is 9.36 Å². The highest BCUT2D eigenvalue weighted by molar-refractivity contribution is 9.12. The summed E-state index contributed by atoms with van der Waals surface area (Å²) in [5, 5.41) is 0.847. The van der Waals surface area contributed by atoms with Gasteiger partial charge in [0.15, 0.2) is 5.58 Å². The molecule has 0 aliphatic heterocycles. The van der Waals surface area contributed by atoms with E-state index in [4.69, 9.17) is 16.0 Å². The van der Waals surface area contributed by atoms with Gasteiger partial charge in [0.25, 0.3) is 5.91 Å². The van der Waals surface area contributed by atoms with Crippen LogP contribution in [0.2, 0.25) is 5.02 Å². The highest BCUT2D eigenvalue weighted by atomic mass is 79.9. The third-order valence-corrected chi connectivity index (χ3v) is 4.63. The molecule has 0 N–H and O–H groups in total. The van der Waals surface area contributed by atoms with E-state index in [1.165, 1.54) is 6.07 Å². The monoisotopic (exact) mass is 381 g/mol. The number of benzene rings is 1. The number of halogens is 3. The number of nitrogens with zero attached hydrogens (tertiary/aromatic N) is 1. The van der Waals surface area contributed by atoms with Gasteiger partial charge in [-0.2, -0.15) is 0 Å². The van der Waals surface area contributed by atoms with Crippen LogP contribution in [0, 0.1) is 0 Å². The average Bonchev–Trinajstić information content (AvgIpc) is 2.62. The summed E-state index contributed by atoms with van der Waals surface area (Å²) in [7, 11) is 0. The van der Waals surface area contributed by atoms with E-state index in [1.54, 1.807) is 12.1 Å². The smallest absolute Gasteiger partial charge is 0.407 e. The van der Waals surface area contributed by atoms with E-state index >= 15 is 0 Å². The van der Waals surface area contributed by atoms with Gasteiger partial charge in [0, 0.05) is 16.4 Å². The lowest BCUT2D eigenvalue weighted by atomic mass is 10.3. The molecular formula is C10H6Br2ClNO3. The van der Waals surface area contributed by atoms with E-state index in [9.17, 15) is 9.59 Å². The molecule has 1 aromatic heterocycles. The van der Waals surface area contributed by atoms with Crippen molar-refractivity contribution >= 4 is 60.5 Å². The summed E-state index contributed by atoms with van der Waals surface area (Å²) in [5.41, 5.74) is 0.708. The normalized spacial score (nSPS) is 12.9. The standard InChI is InChI=1S/C10H6Br2ClNO3/c11-4-6(12)9(15)14-7-2-1-5(13)3-8(7)17-10(14)16/h1-3,6H,4H2. The zero-order chi connectivity index (χ0) is 12.6. The molecule has 0 radical (unpaired) electrons. The molecule has 1 unspecified atom stereocenters. The molecule has 7 heteroatoms. The van der Waals surface area contributed by atoms with Crippen LogP contribution < -0.4 is 5.76 Å². The Kier molecular flexibility index (Phi) is 3.75. The van der Waals surface area contributed by atoms with E-state index in [-0.39, 0.29) is 5.91 Å². The van der Waals surface area contributed by atoms with E-state index in [0.29, 0.717) is 21.5 Å². The van der Waals surface area contributed by atoms with E-state index in [2.05, 4.69) is 31.9 Å². The third-order valence-electron chi connectivity index (χ3n) is 2.17. The fourth-order valence-corrected chi connectivity index (χ4v) is 2.05. The van der Waals surface area contributed by atoms with Gasteiger partial charge in [0.2, 0.25) is 0 Å². The number of hydrogen-bond acceptors (Lipinski definition) is 3. The Hall–Kier alpha value is -0.590. The summed E-state index contributed by atoms with van der Waals surface area (Å²) in [6.07, 6.45) is 0. The minimum Gasteiger partial charge on any atom is -0.407 e. The molecule has 0 saturated heterocycles. The SMILES string of the molecule is O=C(C(Br)CBr)n1c(=O)oc2cc(Cl)ccc21. The van der Waals surface area contributed by atoms with Crippen molar-refractivity contribution in [3.05, 3.63) is 33.8 Å².